The van der Waals surface area contributed by atoms with Crippen LogP contribution in [0.3, 0.4) is 0 Å². The van der Waals surface area contributed by atoms with E-state index in [2.05, 4.69) is 10.6 Å². The van der Waals surface area contributed by atoms with Crippen molar-refractivity contribution in [2.24, 2.45) is 0 Å². The summed E-state index contributed by atoms with van der Waals surface area (Å²) in [4.78, 5) is 53.3. The number of nitrogens with zero attached hydrogens (tertiary/aromatic N) is 2. The number of carbonyl (C=O) groups excluding carboxylic acids is 4. The molecule has 0 spiro atoms. The standard InChI is InChI=1S/C25H24N4O4/c1-25(18-13-12-16-8-4-5-9-17(16)14-18)23(32)29(24(33)27-25)15-21(30)26-20-11-7-6-10-19(20)22(31)28(2)3/h4-14H,15H2,1-3H3,(H,26,30)(H,27,33). The molecule has 0 aromatic heterocycles. The van der Waals surface area contributed by atoms with E-state index in [4.69, 9.17) is 0 Å². The maximum Gasteiger partial charge on any atom is 0.325 e. The summed E-state index contributed by atoms with van der Waals surface area (Å²) >= 11 is 0. The number of hydrogen-bond acceptors (Lipinski definition) is 4. The molecule has 2 N–H and O–H groups in total. The maximum absolute atomic E-state index is 13.2. The molecule has 1 fully saturated rings. The molecular formula is C25H24N4O4. The van der Waals surface area contributed by atoms with Gasteiger partial charge in [-0.1, -0.05) is 48.5 Å². The van der Waals surface area contributed by atoms with Gasteiger partial charge in [-0.3, -0.25) is 19.3 Å². The Labute approximate surface area is 191 Å². The molecule has 0 radical (unpaired) electrons. The minimum atomic E-state index is -1.29. The molecule has 8 nitrogen and oxygen atoms in total. The van der Waals surface area contributed by atoms with Crippen LogP contribution in [0.5, 0.6) is 0 Å². The number of urea groups is 1. The molecule has 33 heavy (non-hydrogen) atoms. The molecule has 1 atom stereocenters. The summed E-state index contributed by atoms with van der Waals surface area (Å²) in [5.41, 5.74) is -0.0378. The fourth-order valence-electron chi connectivity index (χ4n) is 3.89. The van der Waals surface area contributed by atoms with E-state index in [1.807, 2.05) is 36.4 Å². The van der Waals surface area contributed by atoms with Gasteiger partial charge in [-0.25, -0.2) is 4.79 Å². The molecule has 3 aromatic carbocycles. The zero-order chi connectivity index (χ0) is 23.8. The lowest BCUT2D eigenvalue weighted by molar-refractivity contribution is -0.133. The fourth-order valence-corrected chi connectivity index (χ4v) is 3.89. The van der Waals surface area contributed by atoms with Crippen molar-refractivity contribution >= 4 is 40.2 Å². The van der Waals surface area contributed by atoms with Crippen LogP contribution in [0.2, 0.25) is 0 Å². The van der Waals surface area contributed by atoms with Crippen LogP contribution >= 0.6 is 0 Å². The van der Waals surface area contributed by atoms with Crippen LogP contribution in [-0.2, 0) is 15.1 Å². The van der Waals surface area contributed by atoms with Crippen LogP contribution in [0.25, 0.3) is 10.8 Å². The van der Waals surface area contributed by atoms with E-state index in [9.17, 15) is 19.2 Å². The Morgan fingerprint density at radius 1 is 0.970 bits per heavy atom. The zero-order valence-electron chi connectivity index (χ0n) is 18.6. The van der Waals surface area contributed by atoms with Crippen molar-refractivity contribution in [2.75, 3.05) is 26.0 Å². The van der Waals surface area contributed by atoms with Crippen molar-refractivity contribution < 1.29 is 19.2 Å². The second-order valence-electron chi connectivity index (χ2n) is 8.30. The Kier molecular flexibility index (Phi) is 5.59. The van der Waals surface area contributed by atoms with Gasteiger partial charge in [0.2, 0.25) is 5.91 Å². The summed E-state index contributed by atoms with van der Waals surface area (Å²) in [6.07, 6.45) is 0. The minimum Gasteiger partial charge on any atom is -0.345 e. The number of anilines is 1. The minimum absolute atomic E-state index is 0.273. The zero-order valence-corrected chi connectivity index (χ0v) is 18.6. The van der Waals surface area contributed by atoms with Gasteiger partial charge in [0.15, 0.2) is 0 Å². The number of benzene rings is 3. The number of rotatable bonds is 5. The van der Waals surface area contributed by atoms with Crippen LogP contribution in [0.4, 0.5) is 10.5 Å². The van der Waals surface area contributed by atoms with Gasteiger partial charge in [-0.15, -0.1) is 0 Å². The van der Waals surface area contributed by atoms with Gasteiger partial charge in [0.1, 0.15) is 12.1 Å². The molecule has 1 aliphatic rings. The van der Waals surface area contributed by atoms with Crippen LogP contribution in [0.1, 0.15) is 22.8 Å². The van der Waals surface area contributed by atoms with Gasteiger partial charge in [0, 0.05) is 14.1 Å². The molecule has 4 rings (SSSR count). The summed E-state index contributed by atoms with van der Waals surface area (Å²) < 4.78 is 0. The number of amides is 5. The van der Waals surface area contributed by atoms with Crippen LogP contribution in [-0.4, -0.2) is 54.2 Å². The first kappa shape index (κ1) is 22.0. The third-order valence-electron chi connectivity index (χ3n) is 5.74. The highest BCUT2D eigenvalue weighted by Gasteiger charge is 2.49. The lowest BCUT2D eigenvalue weighted by Crippen LogP contribution is -2.42. The average Bonchev–Trinajstić information content (AvgIpc) is 3.02. The largest absolute Gasteiger partial charge is 0.345 e. The summed E-state index contributed by atoms with van der Waals surface area (Å²) in [7, 11) is 3.23. The van der Waals surface area contributed by atoms with Gasteiger partial charge in [0.05, 0.1) is 11.3 Å². The van der Waals surface area contributed by atoms with Gasteiger partial charge in [0.25, 0.3) is 11.8 Å². The monoisotopic (exact) mass is 444 g/mol. The molecule has 3 aromatic rings. The lowest BCUT2D eigenvalue weighted by atomic mass is 9.90. The molecule has 1 heterocycles. The highest BCUT2D eigenvalue weighted by Crippen LogP contribution is 2.31. The molecule has 0 saturated carbocycles. The summed E-state index contributed by atoms with van der Waals surface area (Å²) in [6, 6.07) is 19.2. The van der Waals surface area contributed by atoms with Crippen LogP contribution < -0.4 is 10.6 Å². The summed E-state index contributed by atoms with van der Waals surface area (Å²) in [5, 5.41) is 7.33. The Bertz CT molecular complexity index is 1290. The Balaban J connectivity index is 1.54. The SMILES string of the molecule is CN(C)C(=O)c1ccccc1NC(=O)CN1C(=O)NC(C)(c2ccc3ccccc3c2)C1=O. The predicted molar refractivity (Wildman–Crippen MR) is 125 cm³/mol. The quantitative estimate of drug-likeness (QED) is 0.591. The Morgan fingerprint density at radius 2 is 1.64 bits per heavy atom. The van der Waals surface area contributed by atoms with E-state index in [0.717, 1.165) is 15.7 Å². The van der Waals surface area contributed by atoms with E-state index in [1.165, 1.54) is 4.90 Å². The van der Waals surface area contributed by atoms with Crippen molar-refractivity contribution in [3.05, 3.63) is 77.9 Å². The highest BCUT2D eigenvalue weighted by molar-refractivity contribution is 6.11. The van der Waals surface area contributed by atoms with Crippen molar-refractivity contribution in [3.63, 3.8) is 0 Å². The average molecular weight is 444 g/mol. The number of carbonyl (C=O) groups is 4. The topological polar surface area (TPSA) is 98.8 Å². The predicted octanol–water partition coefficient (Wildman–Crippen LogP) is 2.95. The second kappa shape index (κ2) is 8.38. The number of hydrogen-bond donors (Lipinski definition) is 2. The first-order chi connectivity index (χ1) is 15.7. The van der Waals surface area contributed by atoms with Crippen LogP contribution in [0, 0.1) is 0 Å². The number of para-hydroxylation sites is 1. The summed E-state index contributed by atoms with van der Waals surface area (Å²) in [5.74, 6) is -1.37. The number of nitrogens with one attached hydrogen (secondary N) is 2. The normalized spacial score (nSPS) is 17.7. The molecule has 8 heteroatoms. The van der Waals surface area contributed by atoms with Crippen molar-refractivity contribution in [2.45, 2.75) is 12.5 Å². The smallest absolute Gasteiger partial charge is 0.325 e. The molecule has 168 valence electrons. The number of imide groups is 1. The van der Waals surface area contributed by atoms with Gasteiger partial charge in [-0.2, -0.15) is 0 Å². The summed E-state index contributed by atoms with van der Waals surface area (Å²) in [6.45, 7) is 1.15. The first-order valence-electron chi connectivity index (χ1n) is 10.4. The van der Waals surface area contributed by atoms with Gasteiger partial charge >= 0.3 is 6.03 Å². The van der Waals surface area contributed by atoms with Crippen LogP contribution in [0.15, 0.2) is 66.7 Å². The highest BCUT2D eigenvalue weighted by atomic mass is 16.2. The molecule has 0 bridgehead atoms. The molecule has 5 amide bonds. The van der Waals surface area contributed by atoms with Crippen molar-refractivity contribution in [3.8, 4) is 0 Å². The Morgan fingerprint density at radius 3 is 2.36 bits per heavy atom. The second-order valence-corrected chi connectivity index (χ2v) is 8.30. The van der Waals surface area contributed by atoms with E-state index in [0.29, 0.717) is 16.8 Å². The molecule has 1 unspecified atom stereocenters. The Hall–Kier alpha value is -4.20. The van der Waals surface area contributed by atoms with E-state index >= 15 is 0 Å². The van der Waals surface area contributed by atoms with E-state index < -0.39 is 29.9 Å². The first-order valence-corrected chi connectivity index (χ1v) is 10.4. The molecular weight excluding hydrogens is 420 g/mol. The van der Waals surface area contributed by atoms with Gasteiger partial charge in [-0.05, 0) is 41.5 Å². The van der Waals surface area contributed by atoms with E-state index in [1.54, 1.807) is 51.4 Å². The third-order valence-corrected chi connectivity index (χ3v) is 5.74. The van der Waals surface area contributed by atoms with Gasteiger partial charge < -0.3 is 15.5 Å². The third kappa shape index (κ3) is 4.03. The maximum atomic E-state index is 13.2. The van der Waals surface area contributed by atoms with Crippen molar-refractivity contribution in [1.29, 1.82) is 0 Å². The lowest BCUT2D eigenvalue weighted by Gasteiger charge is -2.22. The molecule has 1 saturated heterocycles. The fraction of sp³-hybridized carbons (Fsp3) is 0.200. The molecule has 1 aliphatic heterocycles. The van der Waals surface area contributed by atoms with Crippen molar-refractivity contribution in [1.82, 2.24) is 15.1 Å². The van der Waals surface area contributed by atoms with E-state index in [-0.39, 0.29) is 5.91 Å². The number of fused-ring (bicyclic) bond motifs is 1. The molecule has 0 aliphatic carbocycles.